The molecule has 1 nitrogen and oxygen atoms in total. The molecule has 0 aliphatic rings. The average molecular weight is 120 g/mol. The van der Waals surface area contributed by atoms with Crippen LogP contribution in [0.4, 0.5) is 0 Å². The van der Waals surface area contributed by atoms with Gasteiger partial charge in [-0.25, -0.2) is 0 Å². The fraction of sp³-hybridized carbons (Fsp3) is 0.833. The van der Waals surface area contributed by atoms with Crippen LogP contribution in [0.1, 0.15) is 26.7 Å². The molecular weight excluding hydrogens is 109 g/mol. The van der Waals surface area contributed by atoms with E-state index < -0.39 is 0 Å². The Bertz CT molecular complexity index is 71.1. The maximum atomic E-state index is 8.28. The molecule has 2 heteroatoms. The maximum Gasteiger partial charge on any atom is 0.0655 e. The van der Waals surface area contributed by atoms with Crippen LogP contribution in [-0.2, 0) is 0 Å². The largest absolute Gasteiger partial charge is 0.198 e. The summed E-state index contributed by atoms with van der Waals surface area (Å²) in [6.07, 6.45) is 1.99. The van der Waals surface area contributed by atoms with Crippen molar-refractivity contribution in [1.29, 1.82) is 5.26 Å². The van der Waals surface area contributed by atoms with Crippen LogP contribution in [0.25, 0.3) is 0 Å². The topological polar surface area (TPSA) is 23.8 Å². The van der Waals surface area contributed by atoms with Gasteiger partial charge in [0.05, 0.1) is 6.07 Å². The summed E-state index contributed by atoms with van der Waals surface area (Å²) in [7, 11) is 0. The van der Waals surface area contributed by atoms with Crippen LogP contribution in [0, 0.1) is 17.2 Å². The fourth-order valence-corrected chi connectivity index (χ4v) is 0.471. The van der Waals surface area contributed by atoms with E-state index in [1.54, 1.807) is 0 Å². The minimum Gasteiger partial charge on any atom is -0.198 e. The Morgan fingerprint density at radius 3 is 1.75 bits per heavy atom. The zero-order chi connectivity index (χ0) is 5.70. The first-order valence-electron chi connectivity index (χ1n) is 2.74. The zero-order valence-electron chi connectivity index (χ0n) is 5.94. The van der Waals surface area contributed by atoms with Gasteiger partial charge in [0.15, 0.2) is 0 Å². The third kappa shape index (κ3) is 4.64. The predicted octanol–water partition coefficient (Wildman–Crippen LogP) is 1.57. The zero-order valence-corrected chi connectivity index (χ0v) is 7.94. The Morgan fingerprint density at radius 2 is 1.75 bits per heavy atom. The van der Waals surface area contributed by atoms with Crippen molar-refractivity contribution in [3.8, 4) is 6.07 Å². The van der Waals surface area contributed by atoms with Gasteiger partial charge in [-0.15, -0.1) is 0 Å². The minimum absolute atomic E-state index is 0. The Morgan fingerprint density at radius 1 is 1.38 bits per heavy atom. The summed E-state index contributed by atoms with van der Waals surface area (Å²) in [5, 5.41) is 8.28. The normalized spacial score (nSPS) is 7.75. The first-order chi connectivity index (χ1) is 3.35. The van der Waals surface area contributed by atoms with Gasteiger partial charge in [0.2, 0.25) is 0 Å². The molecule has 0 saturated heterocycles. The van der Waals surface area contributed by atoms with Crippen molar-refractivity contribution >= 4 is 29.6 Å². The molecule has 0 aliphatic carbocycles. The van der Waals surface area contributed by atoms with Crippen LogP contribution in [0.5, 0.6) is 0 Å². The molecule has 1 radical (unpaired) electrons. The molecule has 0 bridgehead atoms. The van der Waals surface area contributed by atoms with E-state index in [1.807, 2.05) is 13.8 Å². The predicted molar refractivity (Wildman–Crippen MR) is 35.4 cm³/mol. The SMILES string of the molecule is CCC(C#N)CC.[Na]. The van der Waals surface area contributed by atoms with Gasteiger partial charge >= 0.3 is 0 Å². The van der Waals surface area contributed by atoms with Gasteiger partial charge in [-0.2, -0.15) is 5.26 Å². The summed E-state index contributed by atoms with van der Waals surface area (Å²) >= 11 is 0. The Hall–Kier alpha value is 0.490. The van der Waals surface area contributed by atoms with E-state index in [0.29, 0.717) is 5.92 Å². The van der Waals surface area contributed by atoms with Gasteiger partial charge in [0.25, 0.3) is 0 Å². The number of hydrogen-bond donors (Lipinski definition) is 0. The molecule has 0 unspecified atom stereocenters. The van der Waals surface area contributed by atoms with Crippen LogP contribution in [0.15, 0.2) is 0 Å². The van der Waals surface area contributed by atoms with Crippen molar-refractivity contribution < 1.29 is 0 Å². The summed E-state index contributed by atoms with van der Waals surface area (Å²) in [6.45, 7) is 4.08. The van der Waals surface area contributed by atoms with E-state index in [9.17, 15) is 0 Å². The second-order valence-corrected chi connectivity index (χ2v) is 1.64. The standard InChI is InChI=1S/C6H11N.Na/c1-3-6(4-2)5-7;/h6H,3-4H2,1-2H3;. The second-order valence-electron chi connectivity index (χ2n) is 1.64. The molecular formula is C6H11NNa. The molecule has 0 N–H and O–H groups in total. The van der Waals surface area contributed by atoms with E-state index in [1.165, 1.54) is 0 Å². The molecule has 0 aromatic rings. The minimum atomic E-state index is 0. The van der Waals surface area contributed by atoms with Crippen LogP contribution in [0.2, 0.25) is 0 Å². The average Bonchev–Trinajstić information content (AvgIpc) is 1.72. The van der Waals surface area contributed by atoms with Gasteiger partial charge in [-0.05, 0) is 12.8 Å². The Kier molecular flexibility index (Phi) is 10.6. The molecule has 0 aromatic heterocycles. The molecule has 0 spiro atoms. The van der Waals surface area contributed by atoms with Crippen LogP contribution in [0.3, 0.4) is 0 Å². The second kappa shape index (κ2) is 7.49. The molecule has 41 valence electrons. The van der Waals surface area contributed by atoms with Gasteiger partial charge in [-0.1, -0.05) is 13.8 Å². The van der Waals surface area contributed by atoms with Crippen molar-refractivity contribution in [3.63, 3.8) is 0 Å². The number of nitrogens with zero attached hydrogens (tertiary/aromatic N) is 1. The first-order valence-corrected chi connectivity index (χ1v) is 2.74. The van der Waals surface area contributed by atoms with Gasteiger partial charge in [-0.3, -0.25) is 0 Å². The molecule has 0 saturated carbocycles. The Balaban J connectivity index is 0. The van der Waals surface area contributed by atoms with E-state index in [2.05, 4.69) is 6.07 Å². The Labute approximate surface area is 73.4 Å². The van der Waals surface area contributed by atoms with Crippen molar-refractivity contribution in [2.24, 2.45) is 5.92 Å². The van der Waals surface area contributed by atoms with Crippen LogP contribution < -0.4 is 0 Å². The summed E-state index contributed by atoms with van der Waals surface area (Å²) in [5.74, 6) is 0.292. The molecule has 0 fully saturated rings. The van der Waals surface area contributed by atoms with Gasteiger partial charge in [0, 0.05) is 35.5 Å². The molecule has 0 amide bonds. The van der Waals surface area contributed by atoms with E-state index in [-0.39, 0.29) is 29.6 Å². The van der Waals surface area contributed by atoms with E-state index in [0.717, 1.165) is 12.8 Å². The summed E-state index contributed by atoms with van der Waals surface area (Å²) < 4.78 is 0. The molecule has 0 atom stereocenters. The van der Waals surface area contributed by atoms with Crippen molar-refractivity contribution in [2.75, 3.05) is 0 Å². The third-order valence-electron chi connectivity index (χ3n) is 1.17. The summed E-state index contributed by atoms with van der Waals surface area (Å²) in [6, 6.07) is 2.20. The summed E-state index contributed by atoms with van der Waals surface area (Å²) in [4.78, 5) is 0. The maximum absolute atomic E-state index is 8.28. The van der Waals surface area contributed by atoms with E-state index >= 15 is 0 Å². The summed E-state index contributed by atoms with van der Waals surface area (Å²) in [5.41, 5.74) is 0. The third-order valence-corrected chi connectivity index (χ3v) is 1.17. The number of rotatable bonds is 2. The van der Waals surface area contributed by atoms with Crippen molar-refractivity contribution in [2.45, 2.75) is 26.7 Å². The molecule has 8 heavy (non-hydrogen) atoms. The quantitative estimate of drug-likeness (QED) is 0.507. The van der Waals surface area contributed by atoms with Crippen molar-refractivity contribution in [1.82, 2.24) is 0 Å². The van der Waals surface area contributed by atoms with Gasteiger partial charge in [0.1, 0.15) is 0 Å². The molecule has 0 aliphatic heterocycles. The van der Waals surface area contributed by atoms with E-state index in [4.69, 9.17) is 5.26 Å². The molecule has 0 aromatic carbocycles. The first kappa shape index (κ1) is 11.3. The van der Waals surface area contributed by atoms with Crippen molar-refractivity contribution in [3.05, 3.63) is 0 Å². The van der Waals surface area contributed by atoms with Crippen LogP contribution in [-0.4, -0.2) is 29.6 Å². The molecule has 0 rings (SSSR count). The number of hydrogen-bond acceptors (Lipinski definition) is 1. The molecule has 0 heterocycles. The number of nitriles is 1. The van der Waals surface area contributed by atoms with Gasteiger partial charge < -0.3 is 0 Å². The monoisotopic (exact) mass is 120 g/mol. The fourth-order valence-electron chi connectivity index (χ4n) is 0.471. The smallest absolute Gasteiger partial charge is 0.0655 e. The van der Waals surface area contributed by atoms with Crippen LogP contribution >= 0.6 is 0 Å².